The molecule has 2 atom stereocenters. The van der Waals surface area contributed by atoms with E-state index in [1.54, 1.807) is 31.2 Å². The van der Waals surface area contributed by atoms with Gasteiger partial charge in [0.15, 0.2) is 5.82 Å². The van der Waals surface area contributed by atoms with E-state index in [0.29, 0.717) is 17.1 Å². The van der Waals surface area contributed by atoms with Crippen LogP contribution in [0.4, 0.5) is 5.82 Å². The zero-order valence-electron chi connectivity index (χ0n) is 13.8. The highest BCUT2D eigenvalue weighted by Gasteiger charge is 2.27. The quantitative estimate of drug-likeness (QED) is 0.785. The van der Waals surface area contributed by atoms with Crippen molar-refractivity contribution in [3.05, 3.63) is 46.1 Å². The summed E-state index contributed by atoms with van der Waals surface area (Å²) in [6.07, 6.45) is 0.745. The molecule has 2 amide bonds. The summed E-state index contributed by atoms with van der Waals surface area (Å²) in [5.41, 5.74) is 0.489. The van der Waals surface area contributed by atoms with Crippen LogP contribution in [0.5, 0.6) is 0 Å². The van der Waals surface area contributed by atoms with E-state index in [-0.39, 0.29) is 17.7 Å². The summed E-state index contributed by atoms with van der Waals surface area (Å²) < 4.78 is 5.74. The van der Waals surface area contributed by atoms with Crippen molar-refractivity contribution in [3.63, 3.8) is 0 Å². The second kappa shape index (κ2) is 8.10. The van der Waals surface area contributed by atoms with Crippen molar-refractivity contribution in [1.82, 2.24) is 10.5 Å². The molecule has 0 saturated carbocycles. The van der Waals surface area contributed by atoms with Crippen LogP contribution in [0.1, 0.15) is 36.4 Å². The number of anilines is 1. The van der Waals surface area contributed by atoms with Gasteiger partial charge >= 0.3 is 0 Å². The molecule has 1 aromatic heterocycles. The van der Waals surface area contributed by atoms with Crippen LogP contribution in [0.15, 0.2) is 39.3 Å². The highest BCUT2D eigenvalue weighted by molar-refractivity contribution is 9.10. The van der Waals surface area contributed by atoms with E-state index in [2.05, 4.69) is 31.7 Å². The Labute approximate surface area is 149 Å². The molecule has 0 spiro atoms. The first-order valence-corrected chi connectivity index (χ1v) is 8.50. The SMILES string of the molecule is CCC(C)[C@H](NC(=O)c1cccc(Br)c1)C(=O)Nc1cc(C)on1. The standard InChI is InChI=1S/C17H20BrN3O3/c1-4-10(2)15(17(23)19-14-8-11(3)24-21-14)20-16(22)12-6-5-7-13(18)9-12/h5-10,15H,4H2,1-3H3,(H,20,22)(H,19,21,23)/t10?,15-/m0/s1. The minimum Gasteiger partial charge on any atom is -0.360 e. The van der Waals surface area contributed by atoms with Crippen LogP contribution in [-0.4, -0.2) is 23.0 Å². The molecule has 7 heteroatoms. The molecule has 2 rings (SSSR count). The van der Waals surface area contributed by atoms with E-state index < -0.39 is 6.04 Å². The van der Waals surface area contributed by atoms with Crippen LogP contribution in [0.25, 0.3) is 0 Å². The summed E-state index contributed by atoms with van der Waals surface area (Å²) in [5.74, 6) is 0.286. The Bertz CT molecular complexity index is 729. The van der Waals surface area contributed by atoms with Crippen molar-refractivity contribution in [2.24, 2.45) is 5.92 Å². The van der Waals surface area contributed by atoms with Gasteiger partial charge < -0.3 is 15.2 Å². The van der Waals surface area contributed by atoms with Gasteiger partial charge in [-0.3, -0.25) is 9.59 Å². The fraction of sp³-hybridized carbons (Fsp3) is 0.353. The average molecular weight is 394 g/mol. The minimum atomic E-state index is -0.668. The number of amides is 2. The van der Waals surface area contributed by atoms with Crippen molar-refractivity contribution in [3.8, 4) is 0 Å². The molecule has 0 radical (unpaired) electrons. The number of rotatable bonds is 6. The van der Waals surface area contributed by atoms with Gasteiger partial charge in [-0.15, -0.1) is 0 Å². The van der Waals surface area contributed by atoms with Crippen LogP contribution in [0, 0.1) is 12.8 Å². The largest absolute Gasteiger partial charge is 0.360 e. The van der Waals surface area contributed by atoms with Crippen molar-refractivity contribution in [2.45, 2.75) is 33.2 Å². The normalized spacial score (nSPS) is 13.2. The number of hydrogen-bond acceptors (Lipinski definition) is 4. The summed E-state index contributed by atoms with van der Waals surface area (Å²) in [6.45, 7) is 5.62. The summed E-state index contributed by atoms with van der Waals surface area (Å²) in [7, 11) is 0. The number of nitrogens with zero attached hydrogens (tertiary/aromatic N) is 1. The third-order valence-corrected chi connectivity index (χ3v) is 4.24. The molecule has 0 saturated heterocycles. The lowest BCUT2D eigenvalue weighted by Gasteiger charge is -2.23. The molecule has 1 aromatic carbocycles. The predicted molar refractivity (Wildman–Crippen MR) is 94.7 cm³/mol. The van der Waals surface area contributed by atoms with Gasteiger partial charge in [0.2, 0.25) is 5.91 Å². The molecule has 0 aliphatic rings. The molecule has 128 valence electrons. The van der Waals surface area contributed by atoms with E-state index in [9.17, 15) is 9.59 Å². The Hall–Kier alpha value is -2.15. The maximum absolute atomic E-state index is 12.5. The fourth-order valence-electron chi connectivity index (χ4n) is 2.19. The predicted octanol–water partition coefficient (Wildman–Crippen LogP) is 3.53. The Morgan fingerprint density at radius 2 is 2.08 bits per heavy atom. The molecular formula is C17H20BrN3O3. The number of aromatic nitrogens is 1. The van der Waals surface area contributed by atoms with Gasteiger partial charge in [0.1, 0.15) is 11.8 Å². The van der Waals surface area contributed by atoms with Crippen molar-refractivity contribution < 1.29 is 14.1 Å². The smallest absolute Gasteiger partial charge is 0.251 e. The number of hydrogen-bond donors (Lipinski definition) is 2. The highest BCUT2D eigenvalue weighted by Crippen LogP contribution is 2.15. The van der Waals surface area contributed by atoms with Crippen LogP contribution in [0.3, 0.4) is 0 Å². The average Bonchev–Trinajstić information content (AvgIpc) is 2.96. The topological polar surface area (TPSA) is 84.2 Å². The first kappa shape index (κ1) is 18.2. The second-order valence-electron chi connectivity index (χ2n) is 5.66. The zero-order chi connectivity index (χ0) is 17.7. The molecule has 0 bridgehead atoms. The molecule has 24 heavy (non-hydrogen) atoms. The van der Waals surface area contributed by atoms with Gasteiger partial charge in [-0.05, 0) is 31.0 Å². The third kappa shape index (κ3) is 4.67. The first-order valence-electron chi connectivity index (χ1n) is 7.71. The maximum atomic E-state index is 12.5. The Morgan fingerprint density at radius 3 is 2.67 bits per heavy atom. The molecule has 0 aliphatic carbocycles. The Kier molecular flexibility index (Phi) is 6.14. The monoisotopic (exact) mass is 393 g/mol. The molecule has 1 heterocycles. The fourth-order valence-corrected chi connectivity index (χ4v) is 2.58. The van der Waals surface area contributed by atoms with Gasteiger partial charge in [0.05, 0.1) is 0 Å². The minimum absolute atomic E-state index is 0.0332. The number of aryl methyl sites for hydroxylation is 1. The van der Waals surface area contributed by atoms with Crippen LogP contribution >= 0.6 is 15.9 Å². The number of benzene rings is 1. The Morgan fingerprint density at radius 1 is 1.33 bits per heavy atom. The number of carbonyl (C=O) groups is 2. The summed E-state index contributed by atoms with van der Waals surface area (Å²) in [4.78, 5) is 25.0. The lowest BCUT2D eigenvalue weighted by molar-refractivity contribution is -0.119. The molecule has 0 aliphatic heterocycles. The number of nitrogens with one attached hydrogen (secondary N) is 2. The molecule has 6 nitrogen and oxygen atoms in total. The van der Waals surface area contributed by atoms with Crippen molar-refractivity contribution >= 4 is 33.6 Å². The molecule has 2 aromatic rings. The highest BCUT2D eigenvalue weighted by atomic mass is 79.9. The van der Waals surface area contributed by atoms with Gasteiger partial charge in [-0.25, -0.2) is 0 Å². The zero-order valence-corrected chi connectivity index (χ0v) is 15.4. The first-order chi connectivity index (χ1) is 11.4. The number of halogens is 1. The van der Waals surface area contributed by atoms with Gasteiger partial charge in [0.25, 0.3) is 5.91 Å². The second-order valence-corrected chi connectivity index (χ2v) is 6.57. The van der Waals surface area contributed by atoms with E-state index in [1.165, 1.54) is 0 Å². The van der Waals surface area contributed by atoms with Crippen LogP contribution < -0.4 is 10.6 Å². The van der Waals surface area contributed by atoms with Gasteiger partial charge in [-0.1, -0.05) is 47.4 Å². The van der Waals surface area contributed by atoms with E-state index in [4.69, 9.17) is 4.52 Å². The lowest BCUT2D eigenvalue weighted by Crippen LogP contribution is -2.47. The van der Waals surface area contributed by atoms with E-state index in [1.807, 2.05) is 19.9 Å². The summed E-state index contributed by atoms with van der Waals surface area (Å²) >= 11 is 3.34. The van der Waals surface area contributed by atoms with Gasteiger partial charge in [0, 0.05) is 16.1 Å². The van der Waals surface area contributed by atoms with E-state index in [0.717, 1.165) is 10.9 Å². The molecule has 2 N–H and O–H groups in total. The molecule has 0 fully saturated rings. The lowest BCUT2D eigenvalue weighted by atomic mass is 9.98. The number of carbonyl (C=O) groups excluding carboxylic acids is 2. The van der Waals surface area contributed by atoms with Crippen molar-refractivity contribution in [1.29, 1.82) is 0 Å². The maximum Gasteiger partial charge on any atom is 0.251 e. The summed E-state index contributed by atoms with van der Waals surface area (Å²) in [6, 6.07) is 7.98. The summed E-state index contributed by atoms with van der Waals surface area (Å²) in [5, 5.41) is 9.23. The van der Waals surface area contributed by atoms with Gasteiger partial charge in [-0.2, -0.15) is 0 Å². The van der Waals surface area contributed by atoms with E-state index >= 15 is 0 Å². The molecule has 1 unspecified atom stereocenters. The van der Waals surface area contributed by atoms with Crippen LogP contribution in [-0.2, 0) is 4.79 Å². The molecular weight excluding hydrogens is 374 g/mol. The Balaban J connectivity index is 2.12. The van der Waals surface area contributed by atoms with Crippen molar-refractivity contribution in [2.75, 3.05) is 5.32 Å². The third-order valence-electron chi connectivity index (χ3n) is 3.75. The van der Waals surface area contributed by atoms with Crippen LogP contribution in [0.2, 0.25) is 0 Å².